The van der Waals surface area contributed by atoms with Gasteiger partial charge in [-0.25, -0.2) is 0 Å². The highest BCUT2D eigenvalue weighted by Gasteiger charge is 2.53. The van der Waals surface area contributed by atoms with Crippen LogP contribution in [-0.2, 0) is 58.8 Å². The molecule has 3 saturated heterocycles. The summed E-state index contributed by atoms with van der Waals surface area (Å²) in [5.41, 5.74) is 1.67. The summed E-state index contributed by atoms with van der Waals surface area (Å²) in [6.07, 6.45) is -9.73. The molecular weight excluding hydrogens is 552 g/mol. The average Bonchev–Trinajstić information content (AvgIpc) is 2.99. The normalized spacial score (nSPS) is 34.7. The molecule has 0 radical (unpaired) electrons. The number of benzene rings is 2. The molecule has 0 spiro atoms. The number of aliphatic hydroxyl groups excluding tert-OH is 1. The number of rotatable bonds is 9. The molecule has 3 fully saturated rings. The first-order valence-corrected chi connectivity index (χ1v) is 13.8. The molecule has 42 heavy (non-hydrogen) atoms. The molecule has 5 rings (SSSR count). The van der Waals surface area contributed by atoms with Crippen molar-refractivity contribution in [2.24, 2.45) is 0 Å². The largest absolute Gasteiger partial charge is 0.455 e. The van der Waals surface area contributed by atoms with E-state index in [9.17, 15) is 14.7 Å². The number of carbonyl (C=O) groups excluding carboxylic acids is 2. The molecule has 228 valence electrons. The second-order valence-electron chi connectivity index (χ2n) is 10.2. The SMILES string of the molecule is CO[C@@H]1OC[C@@H](O[C@@H]2O[C@@H]3CO[C@@H](c4ccccc4)O[C@H]3[C@H](O)[C@@H]2OCc2ccccc2)[C@H](OC(C)=O)[C@H]1OC(C)=O. The summed E-state index contributed by atoms with van der Waals surface area (Å²) in [7, 11) is 1.38. The lowest BCUT2D eigenvalue weighted by molar-refractivity contribution is -0.382. The van der Waals surface area contributed by atoms with Gasteiger partial charge in [0.05, 0.1) is 19.8 Å². The van der Waals surface area contributed by atoms with Crippen LogP contribution in [-0.4, -0.2) is 92.7 Å². The van der Waals surface area contributed by atoms with E-state index in [0.29, 0.717) is 0 Å². The maximum Gasteiger partial charge on any atom is 0.303 e. The summed E-state index contributed by atoms with van der Waals surface area (Å²) in [4.78, 5) is 23.9. The van der Waals surface area contributed by atoms with Gasteiger partial charge in [0.2, 0.25) is 0 Å². The van der Waals surface area contributed by atoms with E-state index >= 15 is 0 Å². The van der Waals surface area contributed by atoms with Gasteiger partial charge >= 0.3 is 11.9 Å². The van der Waals surface area contributed by atoms with Crippen molar-refractivity contribution in [3.05, 3.63) is 71.8 Å². The molecule has 10 atom stereocenters. The molecule has 0 saturated carbocycles. The summed E-state index contributed by atoms with van der Waals surface area (Å²) in [6, 6.07) is 18.8. The van der Waals surface area contributed by atoms with Crippen LogP contribution in [0, 0.1) is 0 Å². The fourth-order valence-corrected chi connectivity index (χ4v) is 5.29. The van der Waals surface area contributed by atoms with Gasteiger partial charge < -0.3 is 47.7 Å². The Morgan fingerprint density at radius 3 is 2.17 bits per heavy atom. The zero-order valence-corrected chi connectivity index (χ0v) is 23.6. The second kappa shape index (κ2) is 14.0. The maximum absolute atomic E-state index is 12.1. The van der Waals surface area contributed by atoms with E-state index in [0.717, 1.165) is 11.1 Å². The second-order valence-corrected chi connectivity index (χ2v) is 10.2. The zero-order valence-electron chi connectivity index (χ0n) is 23.6. The molecule has 12 nitrogen and oxygen atoms in total. The van der Waals surface area contributed by atoms with Crippen molar-refractivity contribution in [1.29, 1.82) is 0 Å². The van der Waals surface area contributed by atoms with Crippen LogP contribution < -0.4 is 0 Å². The number of esters is 2. The number of hydrogen-bond donors (Lipinski definition) is 1. The molecule has 12 heteroatoms. The summed E-state index contributed by atoms with van der Waals surface area (Å²) in [5, 5.41) is 11.6. The Morgan fingerprint density at radius 2 is 1.50 bits per heavy atom. The van der Waals surface area contributed by atoms with E-state index in [2.05, 4.69) is 0 Å². The molecule has 0 amide bonds. The molecule has 1 N–H and O–H groups in total. The third-order valence-electron chi connectivity index (χ3n) is 7.19. The van der Waals surface area contributed by atoms with Gasteiger partial charge in [-0.2, -0.15) is 0 Å². The van der Waals surface area contributed by atoms with Crippen molar-refractivity contribution in [3.63, 3.8) is 0 Å². The van der Waals surface area contributed by atoms with E-state index in [1.54, 1.807) is 0 Å². The molecule has 3 aliphatic rings. The van der Waals surface area contributed by atoms with E-state index < -0.39 is 73.5 Å². The van der Waals surface area contributed by atoms with Crippen LogP contribution in [0.3, 0.4) is 0 Å². The van der Waals surface area contributed by atoms with Crippen LogP contribution in [0.15, 0.2) is 60.7 Å². The first kappa shape index (κ1) is 30.5. The van der Waals surface area contributed by atoms with Gasteiger partial charge in [0.1, 0.15) is 30.5 Å². The van der Waals surface area contributed by atoms with Crippen LogP contribution in [0.1, 0.15) is 31.3 Å². The summed E-state index contributed by atoms with van der Waals surface area (Å²) in [5.74, 6) is -1.24. The van der Waals surface area contributed by atoms with E-state index in [-0.39, 0.29) is 19.8 Å². The Morgan fingerprint density at radius 1 is 0.833 bits per heavy atom. The standard InChI is InChI=1S/C30H36O12/c1-17(31)38-25-22(16-37-29(34-3)27(25)39-18(2)32)41-30-26(35-14-19-10-6-4-7-11-19)23(33)24-21(40-30)15-36-28(42-24)20-12-8-5-9-13-20/h4-13,21-30,33H,14-16H2,1-3H3/t21-,22-,23+,24-,25+,26+,27-,28-,29-,30+/m1/s1. The monoisotopic (exact) mass is 588 g/mol. The number of aliphatic hydroxyl groups is 1. The minimum atomic E-state index is -1.18. The molecule has 2 aromatic rings. The number of ether oxygens (including phenoxy) is 9. The summed E-state index contributed by atoms with van der Waals surface area (Å²) in [6.45, 7) is 2.63. The zero-order chi connectivity index (χ0) is 29.6. The number of hydrogen-bond acceptors (Lipinski definition) is 12. The third-order valence-corrected chi connectivity index (χ3v) is 7.19. The quantitative estimate of drug-likeness (QED) is 0.429. The Bertz CT molecular complexity index is 1160. The van der Waals surface area contributed by atoms with Gasteiger partial charge in [0.15, 0.2) is 31.1 Å². The lowest BCUT2D eigenvalue weighted by atomic mass is 9.97. The average molecular weight is 589 g/mol. The van der Waals surface area contributed by atoms with E-state index in [1.807, 2.05) is 60.7 Å². The van der Waals surface area contributed by atoms with Crippen molar-refractivity contribution >= 4 is 11.9 Å². The Balaban J connectivity index is 1.38. The van der Waals surface area contributed by atoms with Crippen LogP contribution in [0.2, 0.25) is 0 Å². The highest BCUT2D eigenvalue weighted by atomic mass is 16.8. The summed E-state index contributed by atoms with van der Waals surface area (Å²) < 4.78 is 52.9. The lowest BCUT2D eigenvalue weighted by Crippen LogP contribution is -2.65. The van der Waals surface area contributed by atoms with Gasteiger partial charge in [0.25, 0.3) is 0 Å². The summed E-state index contributed by atoms with van der Waals surface area (Å²) >= 11 is 0. The first-order chi connectivity index (χ1) is 20.3. The highest BCUT2D eigenvalue weighted by molar-refractivity contribution is 5.67. The molecule has 0 aromatic heterocycles. The highest BCUT2D eigenvalue weighted by Crippen LogP contribution is 2.37. The molecule has 0 aliphatic carbocycles. The van der Waals surface area contributed by atoms with Crippen LogP contribution in [0.25, 0.3) is 0 Å². The predicted octanol–water partition coefficient (Wildman–Crippen LogP) is 2.02. The van der Waals surface area contributed by atoms with Crippen molar-refractivity contribution in [3.8, 4) is 0 Å². The number of methoxy groups -OCH3 is 1. The topological polar surface area (TPSA) is 137 Å². The van der Waals surface area contributed by atoms with E-state index in [4.69, 9.17) is 42.6 Å². The molecule has 0 bridgehead atoms. The van der Waals surface area contributed by atoms with Crippen molar-refractivity contribution < 1.29 is 57.3 Å². The molecule has 3 aliphatic heterocycles. The molecule has 3 heterocycles. The molecule has 2 aromatic carbocycles. The lowest BCUT2D eigenvalue weighted by Gasteiger charge is -2.49. The Kier molecular flexibility index (Phi) is 10.2. The minimum absolute atomic E-state index is 0.0905. The number of carbonyl (C=O) groups is 2. The fourth-order valence-electron chi connectivity index (χ4n) is 5.29. The van der Waals surface area contributed by atoms with Gasteiger partial charge in [-0.1, -0.05) is 60.7 Å². The molecular formula is C30H36O12. The first-order valence-electron chi connectivity index (χ1n) is 13.8. The smallest absolute Gasteiger partial charge is 0.303 e. The Labute approximate surface area is 243 Å². The molecule has 0 unspecified atom stereocenters. The fraction of sp³-hybridized carbons (Fsp3) is 0.533. The predicted molar refractivity (Wildman–Crippen MR) is 142 cm³/mol. The van der Waals surface area contributed by atoms with E-state index in [1.165, 1.54) is 21.0 Å². The van der Waals surface area contributed by atoms with Gasteiger partial charge in [-0.3, -0.25) is 9.59 Å². The minimum Gasteiger partial charge on any atom is -0.455 e. The van der Waals surface area contributed by atoms with Crippen molar-refractivity contribution in [2.75, 3.05) is 20.3 Å². The third kappa shape index (κ3) is 7.16. The Hall–Kier alpha value is -2.94. The van der Waals surface area contributed by atoms with Crippen molar-refractivity contribution in [1.82, 2.24) is 0 Å². The number of fused-ring (bicyclic) bond motifs is 1. The van der Waals surface area contributed by atoms with Crippen molar-refractivity contribution in [2.45, 2.75) is 82.1 Å². The maximum atomic E-state index is 12.1. The van der Waals surface area contributed by atoms with Crippen LogP contribution in [0.5, 0.6) is 0 Å². The van der Waals surface area contributed by atoms with Gasteiger partial charge in [-0.05, 0) is 5.56 Å². The van der Waals surface area contributed by atoms with Crippen LogP contribution >= 0.6 is 0 Å². The van der Waals surface area contributed by atoms with Crippen LogP contribution in [0.4, 0.5) is 0 Å². The van der Waals surface area contributed by atoms with Gasteiger partial charge in [0, 0.05) is 26.5 Å². The van der Waals surface area contributed by atoms with Gasteiger partial charge in [-0.15, -0.1) is 0 Å².